The number of thioether (sulfide) groups is 1. The number of rotatable bonds is 4. The van der Waals surface area contributed by atoms with Gasteiger partial charge in [-0.15, -0.1) is 0 Å². The lowest BCUT2D eigenvalue weighted by Gasteiger charge is -2.01. The third kappa shape index (κ3) is 4.71. The van der Waals surface area contributed by atoms with Crippen LogP contribution in [0.2, 0.25) is 0 Å². The minimum atomic E-state index is -0.402. The minimum Gasteiger partial charge on any atom is -0.258 e. The number of nitrogens with zero attached hydrogens (tertiary/aromatic N) is 2. The first-order chi connectivity index (χ1) is 9.27. The number of hydrogen-bond acceptors (Lipinski definition) is 4. The maximum Gasteiger partial charge on any atom is 0.301 e. The second kappa shape index (κ2) is 8.26. The molecule has 0 unspecified atom stereocenters. The highest BCUT2D eigenvalue weighted by Crippen LogP contribution is 2.28. The average Bonchev–Trinajstić information content (AvgIpc) is 2.48. The Balaban J connectivity index is 0.000000861. The maximum absolute atomic E-state index is 10.8. The standard InChI is InChI=1S/C12H10N2O2S.C2H6/c15-14(16)11-7-4-8-13-12(11)17-9-10-5-2-1-3-6-10;1-2/h1-8H,9H2;1-2H3. The van der Waals surface area contributed by atoms with E-state index in [0.29, 0.717) is 10.8 Å². The van der Waals surface area contributed by atoms with Gasteiger partial charge >= 0.3 is 5.69 Å². The summed E-state index contributed by atoms with van der Waals surface area (Å²) < 4.78 is 0. The van der Waals surface area contributed by atoms with Crippen LogP contribution in [0.1, 0.15) is 19.4 Å². The number of hydrogen-bond donors (Lipinski definition) is 0. The van der Waals surface area contributed by atoms with E-state index in [2.05, 4.69) is 4.98 Å². The molecule has 0 aliphatic carbocycles. The van der Waals surface area contributed by atoms with Crippen LogP contribution in [0.15, 0.2) is 53.7 Å². The fourth-order valence-corrected chi connectivity index (χ4v) is 2.28. The molecular weight excluding hydrogens is 260 g/mol. The van der Waals surface area contributed by atoms with Gasteiger partial charge in [0.15, 0.2) is 5.03 Å². The summed E-state index contributed by atoms with van der Waals surface area (Å²) in [6.07, 6.45) is 1.57. The van der Waals surface area contributed by atoms with Crippen LogP contribution in [0.25, 0.3) is 0 Å². The van der Waals surface area contributed by atoms with Crippen molar-refractivity contribution >= 4 is 17.4 Å². The van der Waals surface area contributed by atoms with Crippen LogP contribution in [-0.2, 0) is 5.75 Å². The predicted octanol–water partition coefficient (Wildman–Crippen LogP) is 4.31. The molecule has 1 aromatic heterocycles. The summed E-state index contributed by atoms with van der Waals surface area (Å²) in [5.74, 6) is 0.679. The van der Waals surface area contributed by atoms with Gasteiger partial charge in [-0.2, -0.15) is 0 Å². The van der Waals surface area contributed by atoms with Gasteiger partial charge in [-0.25, -0.2) is 4.98 Å². The van der Waals surface area contributed by atoms with Gasteiger partial charge < -0.3 is 0 Å². The summed E-state index contributed by atoms with van der Waals surface area (Å²) in [5, 5.41) is 11.2. The molecule has 0 aliphatic rings. The minimum absolute atomic E-state index is 0.0634. The molecule has 0 atom stereocenters. The van der Waals surface area contributed by atoms with E-state index < -0.39 is 4.92 Å². The van der Waals surface area contributed by atoms with E-state index in [9.17, 15) is 10.1 Å². The summed E-state index contributed by atoms with van der Waals surface area (Å²) in [6.45, 7) is 4.00. The van der Waals surface area contributed by atoms with Crippen LogP contribution >= 0.6 is 11.8 Å². The van der Waals surface area contributed by atoms with Crippen molar-refractivity contribution in [2.24, 2.45) is 0 Å². The number of pyridine rings is 1. The van der Waals surface area contributed by atoms with E-state index in [1.165, 1.54) is 17.8 Å². The van der Waals surface area contributed by atoms with E-state index in [-0.39, 0.29) is 5.69 Å². The number of benzene rings is 1. The van der Waals surface area contributed by atoms with Crippen molar-refractivity contribution in [1.82, 2.24) is 4.98 Å². The molecule has 100 valence electrons. The van der Waals surface area contributed by atoms with Crippen molar-refractivity contribution in [2.75, 3.05) is 0 Å². The Hall–Kier alpha value is -1.88. The highest BCUT2D eigenvalue weighted by atomic mass is 32.2. The molecule has 0 amide bonds. The van der Waals surface area contributed by atoms with Crippen LogP contribution < -0.4 is 0 Å². The van der Waals surface area contributed by atoms with E-state index in [0.717, 1.165) is 5.56 Å². The third-order valence-corrected chi connectivity index (χ3v) is 3.23. The summed E-state index contributed by atoms with van der Waals surface area (Å²) >= 11 is 1.38. The monoisotopic (exact) mass is 276 g/mol. The molecule has 5 heteroatoms. The van der Waals surface area contributed by atoms with E-state index in [1.807, 2.05) is 44.2 Å². The maximum atomic E-state index is 10.8. The molecule has 0 bridgehead atoms. The van der Waals surface area contributed by atoms with Gasteiger partial charge in [-0.05, 0) is 11.6 Å². The van der Waals surface area contributed by atoms with Crippen molar-refractivity contribution in [1.29, 1.82) is 0 Å². The van der Waals surface area contributed by atoms with Crippen molar-refractivity contribution in [3.8, 4) is 0 Å². The zero-order valence-electron chi connectivity index (χ0n) is 10.9. The molecule has 0 saturated carbocycles. The Morgan fingerprint density at radius 1 is 1.16 bits per heavy atom. The second-order valence-corrected chi connectivity index (χ2v) is 4.32. The molecule has 0 aliphatic heterocycles. The Labute approximate surface area is 117 Å². The lowest BCUT2D eigenvalue weighted by Crippen LogP contribution is -1.93. The molecule has 0 N–H and O–H groups in total. The second-order valence-electron chi connectivity index (χ2n) is 3.36. The van der Waals surface area contributed by atoms with Gasteiger partial charge in [0.05, 0.1) is 4.92 Å². The third-order valence-electron chi connectivity index (χ3n) is 2.17. The highest BCUT2D eigenvalue weighted by molar-refractivity contribution is 7.98. The van der Waals surface area contributed by atoms with E-state index in [4.69, 9.17) is 0 Å². The van der Waals surface area contributed by atoms with Crippen LogP contribution in [0.4, 0.5) is 5.69 Å². The molecular formula is C14H16N2O2S. The van der Waals surface area contributed by atoms with Gasteiger partial charge in [0.25, 0.3) is 0 Å². The van der Waals surface area contributed by atoms with Crippen molar-refractivity contribution < 1.29 is 4.92 Å². The van der Waals surface area contributed by atoms with Crippen LogP contribution in [0.3, 0.4) is 0 Å². The Bertz CT molecular complexity index is 518. The zero-order chi connectivity index (χ0) is 14.1. The summed E-state index contributed by atoms with van der Waals surface area (Å²) in [7, 11) is 0. The normalized spacial score (nSPS) is 9.37. The van der Waals surface area contributed by atoms with Gasteiger partial charge in [0.2, 0.25) is 0 Å². The summed E-state index contributed by atoms with van der Waals surface area (Å²) in [6, 6.07) is 12.9. The van der Waals surface area contributed by atoms with Gasteiger partial charge in [-0.1, -0.05) is 55.9 Å². The lowest BCUT2D eigenvalue weighted by atomic mass is 10.2. The molecule has 19 heavy (non-hydrogen) atoms. The molecule has 2 rings (SSSR count). The van der Waals surface area contributed by atoms with Crippen LogP contribution in [0.5, 0.6) is 0 Å². The van der Waals surface area contributed by atoms with Crippen molar-refractivity contribution in [2.45, 2.75) is 24.6 Å². The van der Waals surface area contributed by atoms with Crippen LogP contribution in [-0.4, -0.2) is 9.91 Å². The topological polar surface area (TPSA) is 56.0 Å². The van der Waals surface area contributed by atoms with E-state index in [1.54, 1.807) is 12.3 Å². The molecule has 0 radical (unpaired) electrons. The molecule has 0 spiro atoms. The van der Waals surface area contributed by atoms with Gasteiger partial charge in [0.1, 0.15) is 0 Å². The Morgan fingerprint density at radius 3 is 2.47 bits per heavy atom. The average molecular weight is 276 g/mol. The first-order valence-corrected chi connectivity index (χ1v) is 7.02. The summed E-state index contributed by atoms with van der Waals surface area (Å²) in [5.41, 5.74) is 1.19. The van der Waals surface area contributed by atoms with Crippen LogP contribution in [0, 0.1) is 10.1 Å². The molecule has 2 aromatic rings. The fraction of sp³-hybridized carbons (Fsp3) is 0.214. The summed E-state index contributed by atoms with van der Waals surface area (Å²) in [4.78, 5) is 14.4. The van der Waals surface area contributed by atoms with Crippen molar-refractivity contribution in [3.63, 3.8) is 0 Å². The highest BCUT2D eigenvalue weighted by Gasteiger charge is 2.14. The molecule has 0 fully saturated rings. The van der Waals surface area contributed by atoms with Gasteiger partial charge in [-0.3, -0.25) is 10.1 Å². The molecule has 1 aromatic carbocycles. The lowest BCUT2D eigenvalue weighted by molar-refractivity contribution is -0.388. The first kappa shape index (κ1) is 15.2. The Morgan fingerprint density at radius 2 is 1.84 bits per heavy atom. The van der Waals surface area contributed by atoms with E-state index >= 15 is 0 Å². The number of aromatic nitrogens is 1. The fourth-order valence-electron chi connectivity index (χ4n) is 1.36. The smallest absolute Gasteiger partial charge is 0.258 e. The molecule has 0 saturated heterocycles. The van der Waals surface area contributed by atoms with Gasteiger partial charge in [0, 0.05) is 18.0 Å². The zero-order valence-corrected chi connectivity index (χ0v) is 11.8. The quantitative estimate of drug-likeness (QED) is 0.474. The van der Waals surface area contributed by atoms with Crippen molar-refractivity contribution in [3.05, 3.63) is 64.3 Å². The largest absolute Gasteiger partial charge is 0.301 e. The first-order valence-electron chi connectivity index (χ1n) is 6.03. The number of nitro groups is 1. The molecule has 4 nitrogen and oxygen atoms in total. The molecule has 1 heterocycles. The Kier molecular flexibility index (Phi) is 6.60. The SMILES string of the molecule is CC.O=[N+]([O-])c1cccnc1SCc1ccccc1. The predicted molar refractivity (Wildman–Crippen MR) is 78.2 cm³/mol.